The highest BCUT2D eigenvalue weighted by molar-refractivity contribution is 5.95. The molecule has 0 unspecified atom stereocenters. The molecular formula is C26H28N8O. The molecule has 0 N–H and O–H groups in total. The van der Waals surface area contributed by atoms with Crippen LogP contribution in [0.15, 0.2) is 42.6 Å². The van der Waals surface area contributed by atoms with Gasteiger partial charge in [0.05, 0.1) is 17.8 Å². The van der Waals surface area contributed by atoms with Crippen LogP contribution in [0.1, 0.15) is 50.0 Å². The number of nitrogens with zero attached hydrogens (tertiary/aromatic N) is 8. The first kappa shape index (κ1) is 22.8. The van der Waals surface area contributed by atoms with Crippen molar-refractivity contribution in [3.8, 4) is 22.5 Å². The average Bonchev–Trinajstić information content (AvgIpc) is 3.32. The van der Waals surface area contributed by atoms with E-state index in [0.29, 0.717) is 36.9 Å². The smallest absolute Gasteiger partial charge is 0.228 e. The zero-order valence-electron chi connectivity index (χ0n) is 20.6. The minimum absolute atomic E-state index is 0.0558. The highest BCUT2D eigenvalue weighted by Crippen LogP contribution is 2.33. The Balaban J connectivity index is 1.46. The molecule has 0 spiro atoms. The van der Waals surface area contributed by atoms with Crippen LogP contribution in [0.4, 0.5) is 5.82 Å². The monoisotopic (exact) mass is 468 g/mol. The minimum atomic E-state index is -0.258. The number of anilines is 1. The third-order valence-electron chi connectivity index (χ3n) is 6.18. The van der Waals surface area contributed by atoms with Gasteiger partial charge in [-0.25, -0.2) is 14.6 Å². The van der Waals surface area contributed by atoms with Gasteiger partial charge in [0.25, 0.3) is 0 Å². The maximum absolute atomic E-state index is 12.8. The van der Waals surface area contributed by atoms with Gasteiger partial charge in [-0.3, -0.25) is 14.7 Å². The summed E-state index contributed by atoms with van der Waals surface area (Å²) in [5, 5.41) is 12.4. The lowest BCUT2D eigenvalue weighted by molar-refractivity contribution is -0.119. The van der Waals surface area contributed by atoms with Gasteiger partial charge in [0, 0.05) is 35.0 Å². The highest BCUT2D eigenvalue weighted by atomic mass is 16.2. The van der Waals surface area contributed by atoms with Crippen LogP contribution in [0.2, 0.25) is 0 Å². The fourth-order valence-corrected chi connectivity index (χ4v) is 4.46. The standard InChI is InChI=1S/C26H28N8O/c1-16-20-12-13-23(35)33(24(20)29-17(2)28-16)15-19-11-10-18(14-27-19)21-8-6-7-9-22(21)25-30-31-32-34(25)26(3,4)5/h6-11,14H,12-13,15H2,1-5H3. The molecule has 1 amide bonds. The Morgan fingerprint density at radius 1 is 0.971 bits per heavy atom. The molecule has 4 heterocycles. The van der Waals surface area contributed by atoms with Crippen molar-refractivity contribution in [1.82, 2.24) is 35.2 Å². The molecule has 0 radical (unpaired) electrons. The molecule has 0 fully saturated rings. The number of fused-ring (bicyclic) bond motifs is 1. The minimum Gasteiger partial charge on any atom is -0.290 e. The molecule has 4 aromatic rings. The second-order valence-corrected chi connectivity index (χ2v) is 9.81. The van der Waals surface area contributed by atoms with Crippen LogP contribution >= 0.6 is 0 Å². The van der Waals surface area contributed by atoms with Crippen LogP contribution < -0.4 is 4.90 Å². The lowest BCUT2D eigenvalue weighted by Crippen LogP contribution is -2.36. The van der Waals surface area contributed by atoms with Crippen LogP contribution in [0.5, 0.6) is 0 Å². The Bertz CT molecular complexity index is 1400. The molecule has 178 valence electrons. The van der Waals surface area contributed by atoms with E-state index in [9.17, 15) is 4.79 Å². The van der Waals surface area contributed by atoms with Crippen molar-refractivity contribution in [3.05, 3.63) is 65.4 Å². The predicted octanol–water partition coefficient (Wildman–Crippen LogP) is 4.04. The summed E-state index contributed by atoms with van der Waals surface area (Å²) >= 11 is 0. The van der Waals surface area contributed by atoms with E-state index in [1.54, 1.807) is 4.90 Å². The largest absolute Gasteiger partial charge is 0.290 e. The summed E-state index contributed by atoms with van der Waals surface area (Å²) in [5.41, 5.74) is 5.38. The summed E-state index contributed by atoms with van der Waals surface area (Å²) in [5.74, 6) is 2.13. The van der Waals surface area contributed by atoms with Crippen molar-refractivity contribution in [2.24, 2.45) is 0 Å². The van der Waals surface area contributed by atoms with Gasteiger partial charge < -0.3 is 0 Å². The van der Waals surface area contributed by atoms with E-state index >= 15 is 0 Å². The number of aryl methyl sites for hydroxylation is 2. The number of aromatic nitrogens is 7. The summed E-state index contributed by atoms with van der Waals surface area (Å²) in [4.78, 5) is 28.3. The van der Waals surface area contributed by atoms with Crippen LogP contribution in [-0.4, -0.2) is 41.1 Å². The number of hydrogen-bond acceptors (Lipinski definition) is 7. The third kappa shape index (κ3) is 4.29. The predicted molar refractivity (Wildman–Crippen MR) is 132 cm³/mol. The summed E-state index contributed by atoms with van der Waals surface area (Å²) in [6.07, 6.45) is 2.97. The van der Waals surface area contributed by atoms with E-state index in [1.807, 2.05) is 61.1 Å². The maximum Gasteiger partial charge on any atom is 0.228 e. The van der Waals surface area contributed by atoms with Crippen LogP contribution in [0.3, 0.4) is 0 Å². The van der Waals surface area contributed by atoms with E-state index in [1.165, 1.54) is 0 Å². The second-order valence-electron chi connectivity index (χ2n) is 9.81. The second kappa shape index (κ2) is 8.65. The van der Waals surface area contributed by atoms with Gasteiger partial charge in [-0.15, -0.1) is 5.10 Å². The molecule has 3 aromatic heterocycles. The Labute approximate surface area is 204 Å². The van der Waals surface area contributed by atoms with E-state index in [2.05, 4.69) is 46.3 Å². The normalized spacial score (nSPS) is 13.7. The first-order valence-electron chi connectivity index (χ1n) is 11.7. The van der Waals surface area contributed by atoms with E-state index < -0.39 is 0 Å². The quantitative estimate of drug-likeness (QED) is 0.445. The number of amides is 1. The molecule has 0 saturated carbocycles. The van der Waals surface area contributed by atoms with Crippen molar-refractivity contribution in [3.63, 3.8) is 0 Å². The van der Waals surface area contributed by atoms with Crippen molar-refractivity contribution < 1.29 is 4.79 Å². The van der Waals surface area contributed by atoms with Crippen molar-refractivity contribution in [2.75, 3.05) is 4.90 Å². The zero-order chi connectivity index (χ0) is 24.7. The molecule has 0 aliphatic carbocycles. The number of carbonyl (C=O) groups excluding carboxylic acids is 1. The summed E-state index contributed by atoms with van der Waals surface area (Å²) < 4.78 is 1.83. The van der Waals surface area contributed by atoms with Gasteiger partial charge >= 0.3 is 0 Å². The number of rotatable bonds is 4. The van der Waals surface area contributed by atoms with Gasteiger partial charge in [-0.05, 0) is 63.1 Å². The van der Waals surface area contributed by atoms with Gasteiger partial charge in [-0.1, -0.05) is 30.3 Å². The molecule has 1 aromatic carbocycles. The van der Waals surface area contributed by atoms with Gasteiger partial charge in [0.2, 0.25) is 5.91 Å². The topological polar surface area (TPSA) is 103 Å². The molecule has 0 atom stereocenters. The fraction of sp³-hybridized carbons (Fsp3) is 0.346. The summed E-state index contributed by atoms with van der Waals surface area (Å²) in [6.45, 7) is 10.4. The van der Waals surface area contributed by atoms with Crippen LogP contribution in [0, 0.1) is 13.8 Å². The van der Waals surface area contributed by atoms with Gasteiger partial charge in [-0.2, -0.15) is 0 Å². The molecule has 35 heavy (non-hydrogen) atoms. The van der Waals surface area contributed by atoms with Crippen molar-refractivity contribution in [1.29, 1.82) is 0 Å². The summed E-state index contributed by atoms with van der Waals surface area (Å²) in [7, 11) is 0. The Morgan fingerprint density at radius 3 is 2.46 bits per heavy atom. The fourth-order valence-electron chi connectivity index (χ4n) is 4.46. The molecule has 1 aliphatic heterocycles. The third-order valence-corrected chi connectivity index (χ3v) is 6.18. The van der Waals surface area contributed by atoms with E-state index in [4.69, 9.17) is 4.98 Å². The van der Waals surface area contributed by atoms with Crippen LogP contribution in [-0.2, 0) is 23.3 Å². The summed E-state index contributed by atoms with van der Waals surface area (Å²) in [6, 6.07) is 12.0. The lowest BCUT2D eigenvalue weighted by Gasteiger charge is -2.29. The molecule has 0 saturated heterocycles. The molecule has 1 aliphatic rings. The van der Waals surface area contributed by atoms with Crippen LogP contribution in [0.25, 0.3) is 22.5 Å². The maximum atomic E-state index is 12.8. The molecular weight excluding hydrogens is 440 g/mol. The van der Waals surface area contributed by atoms with E-state index in [-0.39, 0.29) is 11.4 Å². The molecule has 0 bridgehead atoms. The average molecular weight is 469 g/mol. The molecule has 5 rings (SSSR count). The zero-order valence-corrected chi connectivity index (χ0v) is 20.6. The lowest BCUT2D eigenvalue weighted by atomic mass is 9.99. The van der Waals surface area contributed by atoms with E-state index in [0.717, 1.165) is 33.6 Å². The van der Waals surface area contributed by atoms with Crippen molar-refractivity contribution in [2.45, 2.75) is 59.5 Å². The Morgan fingerprint density at radius 2 is 1.74 bits per heavy atom. The first-order chi connectivity index (χ1) is 16.7. The number of benzene rings is 1. The number of tetrazole rings is 1. The van der Waals surface area contributed by atoms with Gasteiger partial charge in [0.15, 0.2) is 5.82 Å². The first-order valence-corrected chi connectivity index (χ1v) is 11.7. The number of carbonyl (C=O) groups is 1. The Kier molecular flexibility index (Phi) is 5.62. The van der Waals surface area contributed by atoms with Crippen molar-refractivity contribution >= 4 is 11.7 Å². The SMILES string of the molecule is Cc1nc(C)c2c(n1)N(Cc1ccc(-c3ccccc3-c3nnnn3C(C)(C)C)cn1)C(=O)CC2. The Hall–Kier alpha value is -4.01. The number of pyridine rings is 1. The highest BCUT2D eigenvalue weighted by Gasteiger charge is 2.28. The molecule has 9 nitrogen and oxygen atoms in total. The van der Waals surface area contributed by atoms with Gasteiger partial charge in [0.1, 0.15) is 11.6 Å². The number of hydrogen-bond donors (Lipinski definition) is 0. The molecule has 9 heteroatoms.